The Morgan fingerprint density at radius 3 is 2.65 bits per heavy atom. The fourth-order valence-corrected chi connectivity index (χ4v) is 2.92. The Kier molecular flexibility index (Phi) is 2.50. The Labute approximate surface area is 101 Å². The number of rotatable bonds is 1. The van der Waals surface area contributed by atoms with Crippen LogP contribution in [-0.2, 0) is 7.05 Å². The second-order valence-corrected chi connectivity index (χ2v) is 5.03. The zero-order chi connectivity index (χ0) is 11.8. The monoisotopic (exact) mass is 227 g/mol. The molecule has 2 aromatic rings. The van der Waals surface area contributed by atoms with Gasteiger partial charge in [-0.25, -0.2) is 0 Å². The summed E-state index contributed by atoms with van der Waals surface area (Å²) in [4.78, 5) is 11.5. The molecule has 1 aliphatic carbocycles. The third-order valence-corrected chi connectivity index (χ3v) is 3.98. The third kappa shape index (κ3) is 1.78. The van der Waals surface area contributed by atoms with Gasteiger partial charge in [0, 0.05) is 13.1 Å². The van der Waals surface area contributed by atoms with Crippen molar-refractivity contribution in [3.8, 4) is 0 Å². The quantitative estimate of drug-likeness (QED) is 0.733. The first-order chi connectivity index (χ1) is 8.25. The summed E-state index contributed by atoms with van der Waals surface area (Å²) in [6, 6.07) is 10.1. The summed E-state index contributed by atoms with van der Waals surface area (Å²) in [5.41, 5.74) is 2.53. The number of hydrogen-bond acceptors (Lipinski definition) is 1. The van der Waals surface area contributed by atoms with E-state index in [1.165, 1.54) is 36.6 Å². The van der Waals surface area contributed by atoms with E-state index in [-0.39, 0.29) is 5.56 Å². The van der Waals surface area contributed by atoms with Crippen LogP contribution in [0.1, 0.15) is 37.2 Å². The Morgan fingerprint density at radius 1 is 1.12 bits per heavy atom. The molecule has 0 radical (unpaired) electrons. The lowest BCUT2D eigenvalue weighted by Crippen LogP contribution is -2.15. The molecule has 0 bridgehead atoms. The summed E-state index contributed by atoms with van der Waals surface area (Å²) >= 11 is 0. The van der Waals surface area contributed by atoms with Crippen LogP contribution >= 0.6 is 0 Å². The molecule has 1 aromatic carbocycles. The molecule has 3 rings (SSSR count). The van der Waals surface area contributed by atoms with Gasteiger partial charge in [-0.05, 0) is 47.9 Å². The van der Waals surface area contributed by atoms with E-state index in [4.69, 9.17) is 0 Å². The molecule has 17 heavy (non-hydrogen) atoms. The average molecular weight is 227 g/mol. The van der Waals surface area contributed by atoms with Gasteiger partial charge in [0.05, 0.1) is 5.52 Å². The van der Waals surface area contributed by atoms with Crippen LogP contribution in [-0.4, -0.2) is 4.57 Å². The number of benzene rings is 1. The molecule has 0 spiro atoms. The number of aryl methyl sites for hydroxylation is 1. The number of nitrogens with zero attached hydrogens (tertiary/aromatic N) is 1. The minimum atomic E-state index is 0.0612. The maximum atomic E-state index is 11.5. The molecular weight excluding hydrogens is 210 g/mol. The maximum Gasteiger partial charge on any atom is 0.250 e. The lowest BCUT2D eigenvalue weighted by molar-refractivity contribution is 0.724. The fourth-order valence-electron chi connectivity index (χ4n) is 2.92. The molecule has 0 saturated heterocycles. The highest BCUT2D eigenvalue weighted by Crippen LogP contribution is 2.34. The van der Waals surface area contributed by atoms with Gasteiger partial charge in [0.2, 0.25) is 0 Å². The first-order valence-corrected chi connectivity index (χ1v) is 6.35. The molecule has 0 aliphatic heterocycles. The van der Waals surface area contributed by atoms with Gasteiger partial charge in [-0.15, -0.1) is 0 Å². The van der Waals surface area contributed by atoms with Crippen LogP contribution in [0.3, 0.4) is 0 Å². The van der Waals surface area contributed by atoms with E-state index >= 15 is 0 Å². The van der Waals surface area contributed by atoms with Gasteiger partial charge >= 0.3 is 0 Å². The Bertz CT molecular complexity index is 606. The van der Waals surface area contributed by atoms with E-state index in [1.54, 1.807) is 10.6 Å². The summed E-state index contributed by atoms with van der Waals surface area (Å²) < 4.78 is 1.72. The molecular formula is C15H17NO. The second-order valence-electron chi connectivity index (χ2n) is 5.03. The van der Waals surface area contributed by atoms with Crippen molar-refractivity contribution < 1.29 is 0 Å². The molecule has 1 aliphatic rings. The minimum Gasteiger partial charge on any atom is -0.311 e. The molecule has 2 heteroatoms. The largest absolute Gasteiger partial charge is 0.311 e. The van der Waals surface area contributed by atoms with Gasteiger partial charge in [-0.3, -0.25) is 4.79 Å². The third-order valence-electron chi connectivity index (χ3n) is 3.98. The van der Waals surface area contributed by atoms with Gasteiger partial charge in [0.1, 0.15) is 0 Å². The Balaban J connectivity index is 2.13. The molecule has 0 unspecified atom stereocenters. The Hall–Kier alpha value is -1.57. The summed E-state index contributed by atoms with van der Waals surface area (Å²) in [6.07, 6.45) is 5.35. The van der Waals surface area contributed by atoms with Gasteiger partial charge in [0.15, 0.2) is 0 Å². The van der Waals surface area contributed by atoms with Gasteiger partial charge in [-0.1, -0.05) is 18.9 Å². The van der Waals surface area contributed by atoms with Crippen LogP contribution in [0.5, 0.6) is 0 Å². The first kappa shape index (κ1) is 10.6. The minimum absolute atomic E-state index is 0.0612. The van der Waals surface area contributed by atoms with Crippen molar-refractivity contribution in [2.45, 2.75) is 31.6 Å². The molecule has 0 N–H and O–H groups in total. The zero-order valence-corrected chi connectivity index (χ0v) is 10.1. The van der Waals surface area contributed by atoms with Crippen molar-refractivity contribution in [3.05, 3.63) is 46.2 Å². The maximum absolute atomic E-state index is 11.5. The average Bonchev–Trinajstić information content (AvgIpc) is 2.87. The summed E-state index contributed by atoms with van der Waals surface area (Å²) in [7, 11) is 1.83. The lowest BCUT2D eigenvalue weighted by atomic mass is 9.96. The van der Waals surface area contributed by atoms with E-state index in [0.717, 1.165) is 11.4 Å². The van der Waals surface area contributed by atoms with Crippen LogP contribution in [0.4, 0.5) is 0 Å². The number of fused-ring (bicyclic) bond motifs is 1. The molecule has 1 saturated carbocycles. The lowest BCUT2D eigenvalue weighted by Gasteiger charge is -2.11. The van der Waals surface area contributed by atoms with Crippen molar-refractivity contribution in [1.29, 1.82) is 0 Å². The first-order valence-electron chi connectivity index (χ1n) is 6.35. The predicted molar refractivity (Wildman–Crippen MR) is 70.4 cm³/mol. The summed E-state index contributed by atoms with van der Waals surface area (Å²) in [5, 5.41) is 1.18. The van der Waals surface area contributed by atoms with Crippen LogP contribution in [0.25, 0.3) is 10.9 Å². The van der Waals surface area contributed by atoms with Crippen molar-refractivity contribution in [3.63, 3.8) is 0 Å². The zero-order valence-electron chi connectivity index (χ0n) is 10.1. The number of aromatic nitrogens is 1. The highest BCUT2D eigenvalue weighted by molar-refractivity contribution is 5.79. The van der Waals surface area contributed by atoms with Gasteiger partial charge < -0.3 is 4.57 Å². The van der Waals surface area contributed by atoms with E-state index in [1.807, 2.05) is 13.1 Å². The van der Waals surface area contributed by atoms with Crippen molar-refractivity contribution in [2.75, 3.05) is 0 Å². The van der Waals surface area contributed by atoms with Crippen LogP contribution in [0, 0.1) is 0 Å². The van der Waals surface area contributed by atoms with E-state index < -0.39 is 0 Å². The second kappa shape index (κ2) is 4.02. The topological polar surface area (TPSA) is 22.0 Å². The summed E-state index contributed by atoms with van der Waals surface area (Å²) in [6.45, 7) is 0. The molecule has 0 atom stereocenters. The van der Waals surface area contributed by atoms with Crippen LogP contribution in [0.15, 0.2) is 35.1 Å². The molecule has 88 valence electrons. The molecule has 1 fully saturated rings. The number of hydrogen-bond donors (Lipinski definition) is 0. The standard InChI is InChI=1S/C15H17NO/c1-16-14-8-6-12(11-4-2-3-5-11)10-13(14)7-9-15(16)17/h6-11H,2-5H2,1H3. The van der Waals surface area contributed by atoms with Crippen LogP contribution in [0.2, 0.25) is 0 Å². The molecule has 1 heterocycles. The highest BCUT2D eigenvalue weighted by atomic mass is 16.1. The van der Waals surface area contributed by atoms with Crippen LogP contribution < -0.4 is 5.56 Å². The molecule has 2 nitrogen and oxygen atoms in total. The fraction of sp³-hybridized carbons (Fsp3) is 0.400. The highest BCUT2D eigenvalue weighted by Gasteiger charge is 2.17. The van der Waals surface area contributed by atoms with Crippen molar-refractivity contribution >= 4 is 10.9 Å². The van der Waals surface area contributed by atoms with E-state index in [9.17, 15) is 4.79 Å². The van der Waals surface area contributed by atoms with E-state index in [2.05, 4.69) is 18.2 Å². The van der Waals surface area contributed by atoms with Gasteiger partial charge in [-0.2, -0.15) is 0 Å². The van der Waals surface area contributed by atoms with E-state index in [0.29, 0.717) is 0 Å². The van der Waals surface area contributed by atoms with Crippen molar-refractivity contribution in [1.82, 2.24) is 4.57 Å². The normalized spacial score (nSPS) is 16.8. The predicted octanol–water partition coefficient (Wildman–Crippen LogP) is 3.20. The molecule has 1 aromatic heterocycles. The smallest absolute Gasteiger partial charge is 0.250 e. The van der Waals surface area contributed by atoms with Crippen molar-refractivity contribution in [2.24, 2.45) is 7.05 Å². The molecule has 0 amide bonds. The Morgan fingerprint density at radius 2 is 1.88 bits per heavy atom. The summed E-state index contributed by atoms with van der Waals surface area (Å²) in [5.74, 6) is 0.733. The SMILES string of the molecule is Cn1c(=O)ccc2cc(C3CCCC3)ccc21. The van der Waals surface area contributed by atoms with Gasteiger partial charge in [0.25, 0.3) is 5.56 Å². The number of pyridine rings is 1.